The van der Waals surface area contributed by atoms with E-state index in [0.717, 1.165) is 19.3 Å². The zero-order valence-electron chi connectivity index (χ0n) is 14.2. The fourth-order valence-electron chi connectivity index (χ4n) is 2.97. The van der Waals surface area contributed by atoms with Crippen molar-refractivity contribution in [3.63, 3.8) is 0 Å². The molecular weight excluding hydrogens is 386 g/mol. The lowest BCUT2D eigenvalue weighted by Crippen LogP contribution is -2.36. The maximum atomic E-state index is 13.7. The van der Waals surface area contributed by atoms with E-state index in [9.17, 15) is 26.0 Å². The van der Waals surface area contributed by atoms with Crippen LogP contribution in [0.1, 0.15) is 24.8 Å². The largest absolute Gasteiger partial charge is 0.376 e. The van der Waals surface area contributed by atoms with E-state index < -0.39 is 39.2 Å². The fourth-order valence-corrected chi connectivity index (χ4v) is 4.71. The number of piperidine rings is 1. The van der Waals surface area contributed by atoms with Gasteiger partial charge in [0.05, 0.1) is 4.90 Å². The number of hydrogen-bond acceptors (Lipinski definition) is 4. The van der Waals surface area contributed by atoms with E-state index in [1.54, 1.807) is 6.07 Å². The Morgan fingerprint density at radius 3 is 2.19 bits per heavy atom. The lowest BCUT2D eigenvalue weighted by molar-refractivity contribution is 0.346. The van der Waals surface area contributed by atoms with E-state index in [1.165, 1.54) is 22.5 Å². The third-order valence-electron chi connectivity index (χ3n) is 4.36. The summed E-state index contributed by atoms with van der Waals surface area (Å²) in [7, 11) is -3.79. The number of nitrogens with zero attached hydrogens (tertiary/aromatic N) is 2. The summed E-state index contributed by atoms with van der Waals surface area (Å²) >= 11 is 0. The monoisotopic (exact) mass is 403 g/mol. The van der Waals surface area contributed by atoms with E-state index in [-0.39, 0.29) is 17.0 Å². The van der Waals surface area contributed by atoms with E-state index in [1.807, 2.05) is 0 Å². The molecule has 146 valence electrons. The van der Waals surface area contributed by atoms with Gasteiger partial charge in [-0.05, 0) is 24.5 Å². The Bertz CT molecular complexity index is 921. The Hall–Kier alpha value is -2.20. The minimum absolute atomic E-state index is 0.0183. The highest BCUT2D eigenvalue weighted by Gasteiger charge is 2.28. The normalized spacial score (nSPS) is 15.7. The standard InChI is InChI=1S/C17H17F4N3O2S/c18-13-15(14(19)17(21)23-16(13)20)22-10-11-6-2-3-7-12(11)27(25,26)24-8-4-1-5-9-24/h2-3,6-7H,1,4-5,8-10H2,(H,22,23). The first-order valence-electron chi connectivity index (χ1n) is 8.34. The van der Waals surface area contributed by atoms with Crippen LogP contribution in [0.5, 0.6) is 0 Å². The second kappa shape index (κ2) is 7.81. The van der Waals surface area contributed by atoms with Gasteiger partial charge in [-0.25, -0.2) is 8.42 Å². The molecule has 0 atom stereocenters. The summed E-state index contributed by atoms with van der Waals surface area (Å²) < 4.78 is 81.0. The van der Waals surface area contributed by atoms with Crippen LogP contribution in [0.2, 0.25) is 0 Å². The Balaban J connectivity index is 1.90. The van der Waals surface area contributed by atoms with Gasteiger partial charge in [-0.3, -0.25) is 0 Å². The van der Waals surface area contributed by atoms with Crippen molar-refractivity contribution in [1.29, 1.82) is 0 Å². The van der Waals surface area contributed by atoms with Crippen molar-refractivity contribution < 1.29 is 26.0 Å². The second-order valence-corrected chi connectivity index (χ2v) is 8.03. The molecule has 3 rings (SSSR count). The van der Waals surface area contributed by atoms with Crippen molar-refractivity contribution in [2.45, 2.75) is 30.7 Å². The highest BCUT2D eigenvalue weighted by atomic mass is 32.2. The van der Waals surface area contributed by atoms with Gasteiger partial charge in [0.15, 0.2) is 0 Å². The smallest absolute Gasteiger partial charge is 0.253 e. The molecule has 0 saturated carbocycles. The zero-order chi connectivity index (χ0) is 19.6. The van der Waals surface area contributed by atoms with E-state index in [2.05, 4.69) is 10.3 Å². The molecule has 1 aromatic carbocycles. The fraction of sp³-hybridized carbons (Fsp3) is 0.353. The maximum Gasteiger partial charge on any atom is 0.253 e. The van der Waals surface area contributed by atoms with Crippen molar-refractivity contribution in [3.05, 3.63) is 53.4 Å². The van der Waals surface area contributed by atoms with E-state index in [4.69, 9.17) is 0 Å². The predicted octanol–water partition coefficient (Wildman–Crippen LogP) is 3.42. The number of aromatic nitrogens is 1. The zero-order valence-corrected chi connectivity index (χ0v) is 15.0. The Kier molecular flexibility index (Phi) is 5.66. The number of anilines is 1. The van der Waals surface area contributed by atoms with Crippen molar-refractivity contribution in [1.82, 2.24) is 9.29 Å². The molecule has 1 N–H and O–H groups in total. The molecule has 0 radical (unpaired) electrons. The van der Waals surface area contributed by atoms with Crippen molar-refractivity contribution in [2.24, 2.45) is 0 Å². The van der Waals surface area contributed by atoms with Crippen LogP contribution in [0.4, 0.5) is 23.2 Å². The molecule has 10 heteroatoms. The van der Waals surface area contributed by atoms with E-state index >= 15 is 0 Å². The molecule has 0 amide bonds. The number of pyridine rings is 1. The van der Waals surface area contributed by atoms with Crippen molar-refractivity contribution >= 4 is 15.7 Å². The molecular formula is C17H17F4N3O2S. The van der Waals surface area contributed by atoms with Crippen LogP contribution >= 0.6 is 0 Å². The Morgan fingerprint density at radius 2 is 1.56 bits per heavy atom. The molecule has 0 bridgehead atoms. The average molecular weight is 403 g/mol. The van der Waals surface area contributed by atoms with Gasteiger partial charge in [0.2, 0.25) is 21.7 Å². The summed E-state index contributed by atoms with van der Waals surface area (Å²) in [4.78, 5) is 2.46. The summed E-state index contributed by atoms with van der Waals surface area (Å²) in [6.45, 7) is 0.447. The van der Waals surface area contributed by atoms with Gasteiger partial charge in [0.25, 0.3) is 11.9 Å². The molecule has 1 aliphatic rings. The van der Waals surface area contributed by atoms with Gasteiger partial charge in [-0.15, -0.1) is 0 Å². The molecule has 1 saturated heterocycles. The molecule has 0 aliphatic carbocycles. The summed E-state index contributed by atoms with van der Waals surface area (Å²) in [5.41, 5.74) is -0.815. The van der Waals surface area contributed by atoms with Crippen LogP contribution in [-0.4, -0.2) is 30.8 Å². The third-order valence-corrected chi connectivity index (χ3v) is 6.36. The summed E-state index contributed by atoms with van der Waals surface area (Å²) in [6, 6.07) is 5.95. The van der Waals surface area contributed by atoms with Crippen molar-refractivity contribution in [3.8, 4) is 0 Å². The number of rotatable bonds is 5. The minimum Gasteiger partial charge on any atom is -0.376 e. The van der Waals surface area contributed by atoms with Gasteiger partial charge in [0, 0.05) is 19.6 Å². The van der Waals surface area contributed by atoms with Gasteiger partial charge >= 0.3 is 0 Å². The van der Waals surface area contributed by atoms with Crippen molar-refractivity contribution in [2.75, 3.05) is 18.4 Å². The molecule has 5 nitrogen and oxygen atoms in total. The highest BCUT2D eigenvalue weighted by molar-refractivity contribution is 7.89. The minimum atomic E-state index is -3.79. The molecule has 27 heavy (non-hydrogen) atoms. The van der Waals surface area contributed by atoms with Crippen LogP contribution in [0.3, 0.4) is 0 Å². The predicted molar refractivity (Wildman–Crippen MR) is 90.4 cm³/mol. The van der Waals surface area contributed by atoms with Gasteiger partial charge in [-0.1, -0.05) is 24.6 Å². The number of halogens is 4. The van der Waals surface area contributed by atoms with Gasteiger partial charge in [-0.2, -0.15) is 26.9 Å². The quantitative estimate of drug-likeness (QED) is 0.614. The molecule has 0 unspecified atom stereocenters. The maximum absolute atomic E-state index is 13.7. The van der Waals surface area contributed by atoms with Crippen LogP contribution in [0.15, 0.2) is 29.2 Å². The number of benzene rings is 1. The molecule has 1 fully saturated rings. The number of nitrogens with one attached hydrogen (secondary N) is 1. The Morgan fingerprint density at radius 1 is 0.963 bits per heavy atom. The first-order valence-corrected chi connectivity index (χ1v) is 9.78. The second-order valence-electron chi connectivity index (χ2n) is 6.12. The summed E-state index contributed by atoms with van der Waals surface area (Å²) in [6.07, 6.45) is 2.46. The van der Waals surface area contributed by atoms with Crippen LogP contribution in [-0.2, 0) is 16.6 Å². The SMILES string of the molecule is O=S(=O)(c1ccccc1CNc1c(F)c(F)nc(F)c1F)N1CCCCC1. The number of sulfonamides is 1. The third kappa shape index (κ3) is 3.91. The van der Waals surface area contributed by atoms with Gasteiger partial charge < -0.3 is 5.32 Å². The molecule has 1 aliphatic heterocycles. The van der Waals surface area contributed by atoms with Crippen LogP contribution in [0, 0.1) is 23.5 Å². The topological polar surface area (TPSA) is 62.3 Å². The lowest BCUT2D eigenvalue weighted by Gasteiger charge is -2.27. The van der Waals surface area contributed by atoms with Crippen LogP contribution < -0.4 is 5.32 Å². The van der Waals surface area contributed by atoms with Crippen LogP contribution in [0.25, 0.3) is 0 Å². The first kappa shape index (κ1) is 19.6. The summed E-state index contributed by atoms with van der Waals surface area (Å²) in [5, 5.41) is 2.24. The highest BCUT2D eigenvalue weighted by Crippen LogP contribution is 2.26. The molecule has 1 aromatic heterocycles. The molecule has 0 spiro atoms. The van der Waals surface area contributed by atoms with Gasteiger partial charge in [0.1, 0.15) is 5.69 Å². The number of hydrogen-bond donors (Lipinski definition) is 1. The average Bonchev–Trinajstić information content (AvgIpc) is 2.67. The van der Waals surface area contributed by atoms with E-state index in [0.29, 0.717) is 13.1 Å². The molecule has 2 aromatic rings. The Labute approximate surface area is 154 Å². The first-order chi connectivity index (χ1) is 12.8. The molecule has 2 heterocycles. The summed E-state index contributed by atoms with van der Waals surface area (Å²) in [5.74, 6) is -6.92. The lowest BCUT2D eigenvalue weighted by atomic mass is 10.2.